The van der Waals surface area contributed by atoms with Gasteiger partial charge in [0.25, 0.3) is 5.91 Å². The summed E-state index contributed by atoms with van der Waals surface area (Å²) in [6.07, 6.45) is 1.40. The molecule has 2 aromatic rings. The molecule has 2 rings (SSSR count). The van der Waals surface area contributed by atoms with Gasteiger partial charge in [-0.1, -0.05) is 55.2 Å². The summed E-state index contributed by atoms with van der Waals surface area (Å²) in [5.41, 5.74) is 1.97. The van der Waals surface area contributed by atoms with Crippen LogP contribution in [0.1, 0.15) is 31.4 Å². The molecule has 1 unspecified atom stereocenters. The highest BCUT2D eigenvalue weighted by molar-refractivity contribution is 6.42. The third kappa shape index (κ3) is 6.38. The second-order valence-corrected chi connectivity index (χ2v) is 7.41. The Balaban J connectivity index is 2.18. The third-order valence-corrected chi connectivity index (χ3v) is 5.40. The average molecular weight is 437 g/mol. The van der Waals surface area contributed by atoms with Gasteiger partial charge in [0.2, 0.25) is 5.91 Å². The van der Waals surface area contributed by atoms with Gasteiger partial charge in [-0.15, -0.1) is 0 Å². The number of benzene rings is 2. The molecule has 0 bridgehead atoms. The highest BCUT2D eigenvalue weighted by Gasteiger charge is 2.28. The second kappa shape index (κ2) is 11.1. The zero-order valence-corrected chi connectivity index (χ0v) is 18.4. The van der Waals surface area contributed by atoms with Gasteiger partial charge in [0.15, 0.2) is 6.61 Å². The number of amides is 2. The van der Waals surface area contributed by atoms with E-state index in [1.54, 1.807) is 25.2 Å². The summed E-state index contributed by atoms with van der Waals surface area (Å²) in [6.45, 7) is 3.99. The van der Waals surface area contributed by atoms with Gasteiger partial charge >= 0.3 is 0 Å². The predicted molar refractivity (Wildman–Crippen MR) is 116 cm³/mol. The fraction of sp³-hybridized carbons (Fsp3) is 0.364. The number of hydrogen-bond donors (Lipinski definition) is 1. The monoisotopic (exact) mass is 436 g/mol. The molecule has 5 nitrogen and oxygen atoms in total. The molecule has 0 radical (unpaired) electrons. The zero-order valence-electron chi connectivity index (χ0n) is 16.9. The van der Waals surface area contributed by atoms with Crippen molar-refractivity contribution in [2.45, 2.75) is 39.3 Å². The van der Waals surface area contributed by atoms with E-state index < -0.39 is 6.04 Å². The maximum absolute atomic E-state index is 13.0. The van der Waals surface area contributed by atoms with Crippen LogP contribution in [0.4, 0.5) is 0 Å². The van der Waals surface area contributed by atoms with Crippen LogP contribution in [-0.4, -0.2) is 36.4 Å². The van der Waals surface area contributed by atoms with Crippen molar-refractivity contribution < 1.29 is 14.3 Å². The van der Waals surface area contributed by atoms with E-state index in [0.29, 0.717) is 22.2 Å². The number of aryl methyl sites for hydroxylation is 1. The lowest BCUT2D eigenvalue weighted by Gasteiger charge is -2.30. The first kappa shape index (κ1) is 23.0. The van der Waals surface area contributed by atoms with E-state index in [-0.39, 0.29) is 25.0 Å². The molecule has 0 fully saturated rings. The van der Waals surface area contributed by atoms with Crippen LogP contribution >= 0.6 is 23.2 Å². The van der Waals surface area contributed by atoms with E-state index in [0.717, 1.165) is 12.0 Å². The summed E-state index contributed by atoms with van der Waals surface area (Å²) in [5, 5.41) is 3.46. The van der Waals surface area contributed by atoms with Gasteiger partial charge in [-0.05, 0) is 48.2 Å². The molecule has 2 aromatic carbocycles. The standard InChI is InChI=1S/C22H26Cl2N2O3/c1-4-15-6-9-17(10-7-15)29-14-21(27)26(20(5-2)22(28)25-3)13-16-8-11-18(23)19(24)12-16/h6-12,20H,4-5,13-14H2,1-3H3,(H,25,28). The topological polar surface area (TPSA) is 58.6 Å². The van der Waals surface area contributed by atoms with Crippen molar-refractivity contribution in [1.29, 1.82) is 0 Å². The fourth-order valence-corrected chi connectivity index (χ4v) is 3.29. The van der Waals surface area contributed by atoms with E-state index in [4.69, 9.17) is 27.9 Å². The Morgan fingerprint density at radius 2 is 1.69 bits per heavy atom. The molecule has 0 aliphatic heterocycles. The number of ether oxygens (including phenoxy) is 1. The molecule has 156 valence electrons. The van der Waals surface area contributed by atoms with Crippen LogP contribution in [0.3, 0.4) is 0 Å². The first-order valence-electron chi connectivity index (χ1n) is 9.56. The summed E-state index contributed by atoms with van der Waals surface area (Å²) in [4.78, 5) is 26.8. The van der Waals surface area contributed by atoms with Crippen LogP contribution in [0, 0.1) is 0 Å². The molecule has 1 atom stereocenters. The Morgan fingerprint density at radius 3 is 2.24 bits per heavy atom. The zero-order chi connectivity index (χ0) is 21.4. The van der Waals surface area contributed by atoms with Crippen molar-refractivity contribution in [3.8, 4) is 5.75 Å². The normalized spacial score (nSPS) is 11.6. The number of nitrogens with one attached hydrogen (secondary N) is 1. The average Bonchev–Trinajstić information content (AvgIpc) is 2.74. The first-order chi connectivity index (χ1) is 13.9. The molecular formula is C22H26Cl2N2O3. The maximum Gasteiger partial charge on any atom is 0.261 e. The van der Waals surface area contributed by atoms with Crippen LogP contribution in [0.15, 0.2) is 42.5 Å². The molecule has 0 saturated heterocycles. The summed E-state index contributed by atoms with van der Waals surface area (Å²) in [5.74, 6) is 0.0947. The Bertz CT molecular complexity index is 840. The van der Waals surface area contributed by atoms with Gasteiger partial charge in [0.05, 0.1) is 10.0 Å². The Kier molecular flexibility index (Phi) is 8.80. The van der Waals surface area contributed by atoms with Gasteiger partial charge in [0, 0.05) is 13.6 Å². The molecule has 29 heavy (non-hydrogen) atoms. The highest BCUT2D eigenvalue weighted by atomic mass is 35.5. The highest BCUT2D eigenvalue weighted by Crippen LogP contribution is 2.24. The number of carbonyl (C=O) groups excluding carboxylic acids is 2. The molecule has 0 aliphatic rings. The Morgan fingerprint density at radius 1 is 1.03 bits per heavy atom. The number of carbonyl (C=O) groups is 2. The molecule has 2 amide bonds. The van der Waals surface area contributed by atoms with Crippen molar-refractivity contribution in [2.75, 3.05) is 13.7 Å². The van der Waals surface area contributed by atoms with Crippen molar-refractivity contribution >= 4 is 35.0 Å². The molecule has 0 heterocycles. The molecule has 1 N–H and O–H groups in total. The van der Waals surface area contributed by atoms with Gasteiger partial charge in [-0.25, -0.2) is 0 Å². The lowest BCUT2D eigenvalue weighted by atomic mass is 10.1. The molecule has 7 heteroatoms. The smallest absolute Gasteiger partial charge is 0.261 e. The molecular weight excluding hydrogens is 411 g/mol. The van der Waals surface area contributed by atoms with Crippen molar-refractivity contribution in [2.24, 2.45) is 0 Å². The molecule has 0 aliphatic carbocycles. The van der Waals surface area contributed by atoms with Crippen LogP contribution in [0.25, 0.3) is 0 Å². The SMILES string of the molecule is CCc1ccc(OCC(=O)N(Cc2ccc(Cl)c(Cl)c2)C(CC)C(=O)NC)cc1. The fourth-order valence-electron chi connectivity index (χ4n) is 2.97. The van der Waals surface area contributed by atoms with Crippen LogP contribution in [0.5, 0.6) is 5.75 Å². The minimum atomic E-state index is -0.618. The number of likely N-dealkylation sites (N-methyl/N-ethyl adjacent to an activating group) is 1. The van der Waals surface area contributed by atoms with E-state index in [1.165, 1.54) is 10.5 Å². The largest absolute Gasteiger partial charge is 0.484 e. The summed E-state index contributed by atoms with van der Waals surface area (Å²) in [6, 6.07) is 12.2. The van der Waals surface area contributed by atoms with Crippen molar-refractivity contribution in [3.63, 3.8) is 0 Å². The van der Waals surface area contributed by atoms with E-state index >= 15 is 0 Å². The minimum absolute atomic E-state index is 0.166. The van der Waals surface area contributed by atoms with E-state index in [9.17, 15) is 9.59 Å². The quantitative estimate of drug-likeness (QED) is 0.629. The van der Waals surface area contributed by atoms with E-state index in [2.05, 4.69) is 12.2 Å². The van der Waals surface area contributed by atoms with Crippen LogP contribution in [-0.2, 0) is 22.6 Å². The number of nitrogens with zero attached hydrogens (tertiary/aromatic N) is 1. The summed E-state index contributed by atoms with van der Waals surface area (Å²) < 4.78 is 5.67. The van der Waals surface area contributed by atoms with Gasteiger partial charge in [-0.3, -0.25) is 9.59 Å². The van der Waals surface area contributed by atoms with Crippen LogP contribution in [0.2, 0.25) is 10.0 Å². The predicted octanol–water partition coefficient (Wildman–Crippen LogP) is 4.49. The summed E-state index contributed by atoms with van der Waals surface area (Å²) >= 11 is 12.1. The third-order valence-electron chi connectivity index (χ3n) is 4.66. The summed E-state index contributed by atoms with van der Waals surface area (Å²) in [7, 11) is 1.55. The lowest BCUT2D eigenvalue weighted by Crippen LogP contribution is -2.49. The lowest BCUT2D eigenvalue weighted by molar-refractivity contribution is -0.142. The number of halogens is 2. The van der Waals surface area contributed by atoms with Crippen molar-refractivity contribution in [1.82, 2.24) is 10.2 Å². The minimum Gasteiger partial charge on any atom is -0.484 e. The van der Waals surface area contributed by atoms with Gasteiger partial charge in [-0.2, -0.15) is 0 Å². The van der Waals surface area contributed by atoms with Gasteiger partial charge < -0.3 is 15.0 Å². The molecule has 0 spiro atoms. The van der Waals surface area contributed by atoms with Gasteiger partial charge in [0.1, 0.15) is 11.8 Å². The van der Waals surface area contributed by atoms with E-state index in [1.807, 2.05) is 31.2 Å². The molecule has 0 saturated carbocycles. The number of rotatable bonds is 9. The van der Waals surface area contributed by atoms with Crippen LogP contribution < -0.4 is 10.1 Å². The second-order valence-electron chi connectivity index (χ2n) is 6.59. The maximum atomic E-state index is 13.0. The first-order valence-corrected chi connectivity index (χ1v) is 10.3. The Hall–Kier alpha value is -2.24. The van der Waals surface area contributed by atoms with Crippen molar-refractivity contribution in [3.05, 3.63) is 63.6 Å². The molecule has 0 aromatic heterocycles. The Labute approximate surface area is 181 Å². The number of hydrogen-bond acceptors (Lipinski definition) is 3.